The Labute approximate surface area is 143 Å². The summed E-state index contributed by atoms with van der Waals surface area (Å²) in [6.45, 7) is 6.02. The zero-order valence-corrected chi connectivity index (χ0v) is 14.9. The average Bonchev–Trinajstić information content (AvgIpc) is 2.99. The maximum absolute atomic E-state index is 5.07. The van der Waals surface area contributed by atoms with Crippen LogP contribution in [0.15, 0.2) is 28.0 Å². The molecule has 0 radical (unpaired) electrons. The van der Waals surface area contributed by atoms with E-state index in [9.17, 15) is 0 Å². The minimum absolute atomic E-state index is 0. The van der Waals surface area contributed by atoms with E-state index in [0.717, 1.165) is 30.7 Å². The molecule has 1 aromatic heterocycles. The van der Waals surface area contributed by atoms with E-state index in [0.29, 0.717) is 12.6 Å². The number of aliphatic imine (C=N–C) groups is 1. The molecule has 1 saturated heterocycles. The van der Waals surface area contributed by atoms with Crippen molar-refractivity contribution in [2.45, 2.75) is 44.8 Å². The lowest BCUT2D eigenvalue weighted by molar-refractivity contribution is 0.321. The van der Waals surface area contributed by atoms with Crippen molar-refractivity contribution in [3.63, 3.8) is 0 Å². The summed E-state index contributed by atoms with van der Waals surface area (Å²) in [6.07, 6.45) is 7.43. The highest BCUT2D eigenvalue weighted by molar-refractivity contribution is 14.0. The lowest BCUT2D eigenvalue weighted by atomic mass is 10.3. The molecule has 2 N–H and O–H groups in total. The fraction of sp³-hybridized carbons (Fsp3) is 0.667. The summed E-state index contributed by atoms with van der Waals surface area (Å²) < 4.78 is 5.07. The molecule has 1 aliphatic carbocycles. The van der Waals surface area contributed by atoms with Gasteiger partial charge in [-0.1, -0.05) is 0 Å². The number of likely N-dealkylation sites (tertiary alicyclic amines) is 1. The topological polar surface area (TPSA) is 52.8 Å². The minimum Gasteiger partial charge on any atom is -0.472 e. The smallest absolute Gasteiger partial charge is 0.191 e. The summed E-state index contributed by atoms with van der Waals surface area (Å²) in [5, 5.41) is 6.88. The van der Waals surface area contributed by atoms with Crippen LogP contribution in [0.3, 0.4) is 0 Å². The Kier molecular flexibility index (Phi) is 6.35. The lowest BCUT2D eigenvalue weighted by Crippen LogP contribution is -2.44. The van der Waals surface area contributed by atoms with Crippen molar-refractivity contribution in [3.8, 4) is 0 Å². The number of furan rings is 1. The summed E-state index contributed by atoms with van der Waals surface area (Å²) in [6, 6.07) is 3.35. The van der Waals surface area contributed by atoms with Gasteiger partial charge in [0.2, 0.25) is 0 Å². The first kappa shape index (κ1) is 16.6. The molecule has 118 valence electrons. The van der Waals surface area contributed by atoms with Crippen LogP contribution in [0, 0.1) is 0 Å². The molecule has 2 aliphatic rings. The quantitative estimate of drug-likeness (QED) is 0.449. The van der Waals surface area contributed by atoms with E-state index in [2.05, 4.69) is 27.4 Å². The van der Waals surface area contributed by atoms with Crippen molar-refractivity contribution < 1.29 is 4.42 Å². The Morgan fingerprint density at radius 2 is 2.29 bits per heavy atom. The highest BCUT2D eigenvalue weighted by Gasteiger charge is 2.34. The fourth-order valence-corrected chi connectivity index (χ4v) is 2.74. The lowest BCUT2D eigenvalue weighted by Gasteiger charge is -2.18. The number of halogens is 1. The monoisotopic (exact) mass is 404 g/mol. The van der Waals surface area contributed by atoms with E-state index in [4.69, 9.17) is 4.42 Å². The molecular formula is C15H25IN4O. The molecule has 21 heavy (non-hydrogen) atoms. The van der Waals surface area contributed by atoms with Crippen molar-refractivity contribution in [2.75, 3.05) is 19.6 Å². The summed E-state index contributed by atoms with van der Waals surface area (Å²) in [7, 11) is 0. The molecule has 3 rings (SSSR count). The van der Waals surface area contributed by atoms with Gasteiger partial charge in [-0.3, -0.25) is 4.90 Å². The second kappa shape index (κ2) is 8.03. The molecule has 5 nitrogen and oxygen atoms in total. The summed E-state index contributed by atoms with van der Waals surface area (Å²) in [5.74, 6) is 0.913. The van der Waals surface area contributed by atoms with Gasteiger partial charge in [0, 0.05) is 37.3 Å². The predicted octanol–water partition coefficient (Wildman–Crippen LogP) is 2.19. The third-order valence-electron chi connectivity index (χ3n) is 3.97. The number of hydrogen-bond acceptors (Lipinski definition) is 3. The molecule has 2 fully saturated rings. The molecule has 0 bridgehead atoms. The molecule has 6 heteroatoms. The summed E-state index contributed by atoms with van der Waals surface area (Å²) in [5.41, 5.74) is 1.10. The molecule has 0 aromatic carbocycles. The number of nitrogens with one attached hydrogen (secondary N) is 2. The van der Waals surface area contributed by atoms with Crippen molar-refractivity contribution >= 4 is 29.9 Å². The second-order valence-corrected chi connectivity index (χ2v) is 5.68. The van der Waals surface area contributed by atoms with Crippen molar-refractivity contribution in [1.29, 1.82) is 0 Å². The average molecular weight is 404 g/mol. The predicted molar refractivity (Wildman–Crippen MR) is 95.1 cm³/mol. The number of hydrogen-bond donors (Lipinski definition) is 2. The van der Waals surface area contributed by atoms with Crippen LogP contribution in [0.25, 0.3) is 0 Å². The normalized spacial score (nSPS) is 22.9. The molecule has 1 aliphatic heterocycles. The van der Waals surface area contributed by atoms with Crippen LogP contribution in [0.2, 0.25) is 0 Å². The molecule has 0 spiro atoms. The van der Waals surface area contributed by atoms with Crippen LogP contribution in [0.5, 0.6) is 0 Å². The van der Waals surface area contributed by atoms with Gasteiger partial charge in [-0.2, -0.15) is 0 Å². The molecular weight excluding hydrogens is 379 g/mol. The number of guanidine groups is 1. The Hall–Kier alpha value is -0.760. The van der Waals surface area contributed by atoms with Crippen LogP contribution in [0.1, 0.15) is 31.7 Å². The number of rotatable bonds is 5. The van der Waals surface area contributed by atoms with Gasteiger partial charge in [0.05, 0.1) is 19.1 Å². The van der Waals surface area contributed by atoms with Crippen LogP contribution >= 0.6 is 24.0 Å². The van der Waals surface area contributed by atoms with Gasteiger partial charge in [0.1, 0.15) is 0 Å². The fourth-order valence-electron chi connectivity index (χ4n) is 2.74. The van der Waals surface area contributed by atoms with Crippen LogP contribution in [0.4, 0.5) is 0 Å². The van der Waals surface area contributed by atoms with E-state index >= 15 is 0 Å². The zero-order valence-electron chi connectivity index (χ0n) is 12.5. The van der Waals surface area contributed by atoms with Gasteiger partial charge >= 0.3 is 0 Å². The van der Waals surface area contributed by atoms with E-state index in [1.54, 1.807) is 12.5 Å². The second-order valence-electron chi connectivity index (χ2n) is 5.68. The van der Waals surface area contributed by atoms with Gasteiger partial charge in [-0.05, 0) is 32.3 Å². The first-order chi connectivity index (χ1) is 9.85. The molecule has 1 unspecified atom stereocenters. The highest BCUT2D eigenvalue weighted by atomic mass is 127. The Bertz CT molecular complexity index is 445. The Balaban J connectivity index is 0.00000161. The van der Waals surface area contributed by atoms with E-state index in [-0.39, 0.29) is 24.0 Å². The third-order valence-corrected chi connectivity index (χ3v) is 3.97. The van der Waals surface area contributed by atoms with Gasteiger partial charge in [-0.25, -0.2) is 4.99 Å². The van der Waals surface area contributed by atoms with Crippen LogP contribution in [-0.4, -0.2) is 42.6 Å². The van der Waals surface area contributed by atoms with E-state index in [1.165, 1.54) is 25.8 Å². The SMILES string of the molecule is CCNC(=NCc1ccoc1)NC1CCN(C2CC2)C1.I. The molecule has 1 saturated carbocycles. The maximum atomic E-state index is 5.07. The Morgan fingerprint density at radius 1 is 1.43 bits per heavy atom. The minimum atomic E-state index is 0. The van der Waals surface area contributed by atoms with Gasteiger partial charge in [-0.15, -0.1) is 24.0 Å². The van der Waals surface area contributed by atoms with Crippen LogP contribution in [-0.2, 0) is 6.54 Å². The van der Waals surface area contributed by atoms with Gasteiger partial charge in [0.25, 0.3) is 0 Å². The standard InChI is InChI=1S/C15H24N4O.HI/c1-2-16-15(17-9-12-6-8-20-11-12)18-13-5-7-19(10-13)14-3-4-14;/h6,8,11,13-14H,2-5,7,9-10H2,1H3,(H2,16,17,18);1H. The third kappa shape index (κ3) is 4.88. The van der Waals surface area contributed by atoms with E-state index in [1.807, 2.05) is 6.07 Å². The molecule has 0 amide bonds. The van der Waals surface area contributed by atoms with Gasteiger partial charge in [0.15, 0.2) is 5.96 Å². The first-order valence-corrected chi connectivity index (χ1v) is 7.65. The largest absolute Gasteiger partial charge is 0.472 e. The molecule has 1 atom stereocenters. The van der Waals surface area contributed by atoms with Crippen molar-refractivity contribution in [2.24, 2.45) is 4.99 Å². The molecule has 1 aromatic rings. The van der Waals surface area contributed by atoms with Gasteiger partial charge < -0.3 is 15.1 Å². The number of nitrogens with zero attached hydrogens (tertiary/aromatic N) is 2. The highest BCUT2D eigenvalue weighted by Crippen LogP contribution is 2.29. The van der Waals surface area contributed by atoms with Crippen molar-refractivity contribution in [1.82, 2.24) is 15.5 Å². The van der Waals surface area contributed by atoms with E-state index < -0.39 is 0 Å². The van der Waals surface area contributed by atoms with Crippen molar-refractivity contribution in [3.05, 3.63) is 24.2 Å². The summed E-state index contributed by atoms with van der Waals surface area (Å²) in [4.78, 5) is 7.23. The first-order valence-electron chi connectivity index (χ1n) is 7.65. The Morgan fingerprint density at radius 3 is 2.95 bits per heavy atom. The van der Waals surface area contributed by atoms with Crippen LogP contribution < -0.4 is 10.6 Å². The molecule has 2 heterocycles. The maximum Gasteiger partial charge on any atom is 0.191 e. The summed E-state index contributed by atoms with van der Waals surface area (Å²) >= 11 is 0. The zero-order chi connectivity index (χ0) is 13.8.